The highest BCUT2D eigenvalue weighted by molar-refractivity contribution is 6.30. The molecule has 0 spiro atoms. The van der Waals surface area contributed by atoms with Crippen molar-refractivity contribution in [3.8, 4) is 0 Å². The van der Waals surface area contributed by atoms with Crippen LogP contribution in [0.25, 0.3) is 0 Å². The third-order valence-electron chi connectivity index (χ3n) is 3.85. The number of nitrogens with zero attached hydrogens (tertiary/aromatic N) is 6. The van der Waals surface area contributed by atoms with Crippen LogP contribution in [0.2, 0.25) is 5.02 Å². The number of aromatic nitrogens is 6. The maximum Gasteiger partial charge on any atom is 0.154 e. The molecule has 2 aromatic heterocycles. The Kier molecular flexibility index (Phi) is 2.96. The molecule has 0 saturated heterocycles. The standard InChI is InChI=1S/C14H13ClN6/c15-12-3-1-10(2-4-12)11-5-13-18-19-14(21(13)6-11)7-20-9-16-8-17-20/h1-4,8-9,11H,5-7H2. The van der Waals surface area contributed by atoms with E-state index in [4.69, 9.17) is 11.6 Å². The molecule has 0 fully saturated rings. The topological polar surface area (TPSA) is 61.4 Å². The fourth-order valence-corrected chi connectivity index (χ4v) is 2.90. The molecule has 3 aromatic rings. The smallest absolute Gasteiger partial charge is 0.154 e. The Morgan fingerprint density at radius 1 is 1.19 bits per heavy atom. The molecule has 7 heteroatoms. The molecule has 106 valence electrons. The Labute approximate surface area is 126 Å². The zero-order valence-electron chi connectivity index (χ0n) is 11.2. The van der Waals surface area contributed by atoms with E-state index in [1.54, 1.807) is 11.0 Å². The molecular formula is C14H13ClN6. The molecule has 21 heavy (non-hydrogen) atoms. The zero-order chi connectivity index (χ0) is 14.2. The van der Waals surface area contributed by atoms with Crippen LogP contribution >= 0.6 is 11.6 Å². The minimum absolute atomic E-state index is 0.433. The molecule has 3 heterocycles. The van der Waals surface area contributed by atoms with E-state index in [0.29, 0.717) is 12.5 Å². The van der Waals surface area contributed by atoms with Gasteiger partial charge >= 0.3 is 0 Å². The number of benzene rings is 1. The van der Waals surface area contributed by atoms with Crippen molar-refractivity contribution in [3.63, 3.8) is 0 Å². The fourth-order valence-electron chi connectivity index (χ4n) is 2.77. The van der Waals surface area contributed by atoms with E-state index >= 15 is 0 Å². The van der Waals surface area contributed by atoms with Gasteiger partial charge in [0.25, 0.3) is 0 Å². The molecule has 1 aliphatic rings. The summed E-state index contributed by atoms with van der Waals surface area (Å²) in [6, 6.07) is 8.05. The Hall–Kier alpha value is -2.21. The zero-order valence-corrected chi connectivity index (χ0v) is 12.0. The number of fused-ring (bicyclic) bond motifs is 1. The van der Waals surface area contributed by atoms with E-state index in [1.165, 1.54) is 11.9 Å². The summed E-state index contributed by atoms with van der Waals surface area (Å²) in [6.07, 6.45) is 4.12. The maximum atomic E-state index is 5.95. The molecule has 1 aromatic carbocycles. The monoisotopic (exact) mass is 300 g/mol. The number of rotatable bonds is 3. The highest BCUT2D eigenvalue weighted by Crippen LogP contribution is 2.30. The van der Waals surface area contributed by atoms with Gasteiger partial charge < -0.3 is 4.57 Å². The first-order chi connectivity index (χ1) is 10.3. The van der Waals surface area contributed by atoms with Crippen LogP contribution < -0.4 is 0 Å². The molecule has 1 atom stereocenters. The van der Waals surface area contributed by atoms with Gasteiger partial charge in [0.05, 0.1) is 0 Å². The number of hydrogen-bond donors (Lipinski definition) is 0. The van der Waals surface area contributed by atoms with E-state index in [-0.39, 0.29) is 0 Å². The van der Waals surface area contributed by atoms with E-state index in [2.05, 4.69) is 37.0 Å². The van der Waals surface area contributed by atoms with E-state index in [9.17, 15) is 0 Å². The average Bonchev–Trinajstić information content (AvgIpc) is 3.19. The Bertz CT molecular complexity index is 746. The summed E-state index contributed by atoms with van der Waals surface area (Å²) < 4.78 is 3.94. The lowest BCUT2D eigenvalue weighted by Crippen LogP contribution is -2.10. The summed E-state index contributed by atoms with van der Waals surface area (Å²) in [6.45, 7) is 1.49. The van der Waals surface area contributed by atoms with Gasteiger partial charge in [-0.2, -0.15) is 5.10 Å². The predicted molar refractivity (Wildman–Crippen MR) is 77.0 cm³/mol. The average molecular weight is 301 g/mol. The second-order valence-electron chi connectivity index (χ2n) is 5.19. The summed E-state index contributed by atoms with van der Waals surface area (Å²) in [5.74, 6) is 2.39. The Morgan fingerprint density at radius 3 is 2.81 bits per heavy atom. The molecule has 1 aliphatic heterocycles. The molecule has 0 amide bonds. The lowest BCUT2D eigenvalue weighted by atomic mass is 9.98. The second-order valence-corrected chi connectivity index (χ2v) is 5.63. The molecule has 0 aliphatic carbocycles. The van der Waals surface area contributed by atoms with Gasteiger partial charge in [0, 0.05) is 23.9 Å². The molecule has 0 N–H and O–H groups in total. The third kappa shape index (κ3) is 2.31. The lowest BCUT2D eigenvalue weighted by Gasteiger charge is -2.10. The predicted octanol–water partition coefficient (Wildman–Crippen LogP) is 1.91. The van der Waals surface area contributed by atoms with Gasteiger partial charge in [0.1, 0.15) is 25.0 Å². The number of halogens is 1. The summed E-state index contributed by atoms with van der Waals surface area (Å²) in [7, 11) is 0. The first kappa shape index (κ1) is 12.5. The van der Waals surface area contributed by atoms with Gasteiger partial charge in [0.2, 0.25) is 0 Å². The van der Waals surface area contributed by atoms with Crippen LogP contribution in [0.1, 0.15) is 23.1 Å². The van der Waals surface area contributed by atoms with Crippen LogP contribution in [0.15, 0.2) is 36.9 Å². The normalized spacial score (nSPS) is 17.1. The van der Waals surface area contributed by atoms with E-state index in [1.807, 2.05) is 12.1 Å². The van der Waals surface area contributed by atoms with Crippen molar-refractivity contribution in [2.24, 2.45) is 0 Å². The molecule has 0 radical (unpaired) electrons. The van der Waals surface area contributed by atoms with Crippen LogP contribution in [0.5, 0.6) is 0 Å². The van der Waals surface area contributed by atoms with Crippen molar-refractivity contribution in [2.75, 3.05) is 0 Å². The Balaban J connectivity index is 1.57. The van der Waals surface area contributed by atoms with Gasteiger partial charge in [-0.1, -0.05) is 23.7 Å². The lowest BCUT2D eigenvalue weighted by molar-refractivity contribution is 0.577. The molecule has 0 saturated carbocycles. The summed E-state index contributed by atoms with van der Waals surface area (Å²) >= 11 is 5.95. The number of hydrogen-bond acceptors (Lipinski definition) is 4. The quantitative estimate of drug-likeness (QED) is 0.741. The van der Waals surface area contributed by atoms with Gasteiger partial charge in [0.15, 0.2) is 5.82 Å². The Morgan fingerprint density at radius 2 is 2.05 bits per heavy atom. The third-order valence-corrected chi connectivity index (χ3v) is 4.10. The second kappa shape index (κ2) is 4.96. The largest absolute Gasteiger partial charge is 0.313 e. The van der Waals surface area contributed by atoms with Crippen LogP contribution in [0.3, 0.4) is 0 Å². The van der Waals surface area contributed by atoms with E-state index < -0.39 is 0 Å². The molecule has 6 nitrogen and oxygen atoms in total. The summed E-state index contributed by atoms with van der Waals surface area (Å²) in [5.41, 5.74) is 1.29. The van der Waals surface area contributed by atoms with Crippen LogP contribution in [-0.4, -0.2) is 29.5 Å². The van der Waals surface area contributed by atoms with Crippen molar-refractivity contribution in [1.82, 2.24) is 29.5 Å². The summed E-state index contributed by atoms with van der Waals surface area (Å²) in [4.78, 5) is 3.95. The van der Waals surface area contributed by atoms with E-state index in [0.717, 1.165) is 29.6 Å². The van der Waals surface area contributed by atoms with Gasteiger partial charge in [-0.3, -0.25) is 0 Å². The van der Waals surface area contributed by atoms with Gasteiger partial charge in [-0.05, 0) is 17.7 Å². The molecule has 1 unspecified atom stereocenters. The van der Waals surface area contributed by atoms with Crippen molar-refractivity contribution in [3.05, 3.63) is 59.2 Å². The fraction of sp³-hybridized carbons (Fsp3) is 0.286. The van der Waals surface area contributed by atoms with Crippen LogP contribution in [0, 0.1) is 0 Å². The summed E-state index contributed by atoms with van der Waals surface area (Å²) in [5, 5.41) is 13.4. The van der Waals surface area contributed by atoms with Gasteiger partial charge in [-0.15, -0.1) is 10.2 Å². The minimum Gasteiger partial charge on any atom is -0.313 e. The van der Waals surface area contributed by atoms with Crippen molar-refractivity contribution < 1.29 is 0 Å². The highest BCUT2D eigenvalue weighted by atomic mass is 35.5. The SMILES string of the molecule is Clc1ccc(C2Cc3nnc(Cn4cncn4)n3C2)cc1. The van der Waals surface area contributed by atoms with Crippen LogP contribution in [-0.2, 0) is 19.5 Å². The first-order valence-corrected chi connectivity index (χ1v) is 7.16. The first-order valence-electron chi connectivity index (χ1n) is 6.78. The van der Waals surface area contributed by atoms with Gasteiger partial charge in [-0.25, -0.2) is 9.67 Å². The van der Waals surface area contributed by atoms with Crippen LogP contribution in [0.4, 0.5) is 0 Å². The van der Waals surface area contributed by atoms with Crippen molar-refractivity contribution >= 4 is 11.6 Å². The minimum atomic E-state index is 0.433. The molecule has 0 bridgehead atoms. The highest BCUT2D eigenvalue weighted by Gasteiger charge is 2.27. The molecular weight excluding hydrogens is 288 g/mol. The van der Waals surface area contributed by atoms with Crippen molar-refractivity contribution in [1.29, 1.82) is 0 Å². The maximum absolute atomic E-state index is 5.95. The van der Waals surface area contributed by atoms with Crippen molar-refractivity contribution in [2.45, 2.75) is 25.4 Å². The molecule has 4 rings (SSSR count).